The molecule has 86 valence electrons. The smallest absolute Gasteiger partial charge is 0.153 e. The SMILES string of the molecule is NC(CN1C[C@@H](CO)C2(CCC2)C1)=NO. The maximum Gasteiger partial charge on any atom is 0.153 e. The molecule has 0 bridgehead atoms. The molecule has 1 saturated heterocycles. The summed E-state index contributed by atoms with van der Waals surface area (Å²) in [6.07, 6.45) is 3.70. The molecule has 0 radical (unpaired) electrons. The fourth-order valence-electron chi connectivity index (χ4n) is 2.97. The predicted octanol–water partition coefficient (Wildman–Crippen LogP) is -0.173. The Balaban J connectivity index is 1.96. The van der Waals surface area contributed by atoms with Crippen LogP contribution in [0, 0.1) is 11.3 Å². The minimum atomic E-state index is 0.253. The molecule has 2 rings (SSSR count). The number of hydrogen-bond acceptors (Lipinski definition) is 4. The van der Waals surface area contributed by atoms with Gasteiger partial charge in [-0.1, -0.05) is 11.6 Å². The van der Waals surface area contributed by atoms with E-state index in [0.29, 0.717) is 17.9 Å². The lowest BCUT2D eigenvalue weighted by Gasteiger charge is -2.42. The van der Waals surface area contributed by atoms with Gasteiger partial charge in [0.25, 0.3) is 0 Å². The maximum atomic E-state index is 9.34. The normalized spacial score (nSPS) is 30.7. The van der Waals surface area contributed by atoms with Crippen molar-refractivity contribution in [3.8, 4) is 0 Å². The first-order valence-electron chi connectivity index (χ1n) is 5.50. The number of hydrogen-bond donors (Lipinski definition) is 3. The summed E-state index contributed by atoms with van der Waals surface area (Å²) >= 11 is 0. The lowest BCUT2D eigenvalue weighted by atomic mass is 9.63. The number of oxime groups is 1. The molecule has 0 aromatic heterocycles. The Kier molecular flexibility index (Phi) is 2.84. The van der Waals surface area contributed by atoms with E-state index in [4.69, 9.17) is 10.9 Å². The zero-order valence-electron chi connectivity index (χ0n) is 8.89. The van der Waals surface area contributed by atoms with Crippen LogP contribution in [0.15, 0.2) is 5.16 Å². The van der Waals surface area contributed by atoms with Crippen molar-refractivity contribution < 1.29 is 10.3 Å². The molecule has 1 aliphatic carbocycles. The van der Waals surface area contributed by atoms with E-state index in [9.17, 15) is 5.11 Å². The molecule has 1 aliphatic heterocycles. The van der Waals surface area contributed by atoms with E-state index in [-0.39, 0.29) is 12.4 Å². The molecule has 0 amide bonds. The molecule has 1 spiro atoms. The Hall–Kier alpha value is -0.810. The van der Waals surface area contributed by atoms with E-state index in [1.165, 1.54) is 19.3 Å². The Morgan fingerprint density at radius 2 is 2.27 bits per heavy atom. The van der Waals surface area contributed by atoms with Gasteiger partial charge in [0, 0.05) is 25.6 Å². The first-order valence-corrected chi connectivity index (χ1v) is 5.50. The van der Waals surface area contributed by atoms with Gasteiger partial charge in [0.05, 0.1) is 6.54 Å². The van der Waals surface area contributed by atoms with Crippen molar-refractivity contribution in [3.05, 3.63) is 0 Å². The number of amidine groups is 1. The third kappa shape index (κ3) is 1.81. The third-order valence-electron chi connectivity index (χ3n) is 3.97. The lowest BCUT2D eigenvalue weighted by molar-refractivity contribution is 0.0546. The van der Waals surface area contributed by atoms with Gasteiger partial charge in [-0.05, 0) is 18.3 Å². The zero-order chi connectivity index (χ0) is 10.9. The van der Waals surface area contributed by atoms with Crippen LogP contribution in [0.2, 0.25) is 0 Å². The van der Waals surface area contributed by atoms with Crippen molar-refractivity contribution in [1.82, 2.24) is 4.90 Å². The molecule has 0 aromatic rings. The average Bonchev–Trinajstić information content (AvgIpc) is 2.56. The Bertz CT molecular complexity index is 263. The van der Waals surface area contributed by atoms with Crippen molar-refractivity contribution in [3.63, 3.8) is 0 Å². The first kappa shape index (κ1) is 10.7. The van der Waals surface area contributed by atoms with E-state index in [2.05, 4.69) is 10.1 Å². The number of rotatable bonds is 3. The highest BCUT2D eigenvalue weighted by Crippen LogP contribution is 2.51. The zero-order valence-corrected chi connectivity index (χ0v) is 8.89. The van der Waals surface area contributed by atoms with Gasteiger partial charge in [0.15, 0.2) is 5.84 Å². The second-order valence-corrected chi connectivity index (χ2v) is 4.86. The predicted molar refractivity (Wildman–Crippen MR) is 56.7 cm³/mol. The molecular formula is C10H19N3O2. The van der Waals surface area contributed by atoms with Crippen molar-refractivity contribution in [2.24, 2.45) is 22.2 Å². The van der Waals surface area contributed by atoms with Crippen LogP contribution in [0.5, 0.6) is 0 Å². The average molecular weight is 213 g/mol. The summed E-state index contributed by atoms with van der Waals surface area (Å²) in [4.78, 5) is 2.18. The van der Waals surface area contributed by atoms with E-state index >= 15 is 0 Å². The molecule has 1 atom stereocenters. The lowest BCUT2D eigenvalue weighted by Crippen LogP contribution is -2.39. The highest BCUT2D eigenvalue weighted by molar-refractivity contribution is 5.81. The number of nitrogens with two attached hydrogens (primary N) is 1. The number of likely N-dealkylation sites (tertiary alicyclic amines) is 1. The summed E-state index contributed by atoms with van der Waals surface area (Å²) in [5.74, 6) is 0.626. The molecule has 5 nitrogen and oxygen atoms in total. The minimum absolute atomic E-state index is 0.253. The van der Waals surface area contributed by atoms with E-state index in [1.54, 1.807) is 0 Å². The second kappa shape index (κ2) is 3.98. The van der Waals surface area contributed by atoms with E-state index in [0.717, 1.165) is 13.1 Å². The van der Waals surface area contributed by atoms with E-state index in [1.807, 2.05) is 0 Å². The van der Waals surface area contributed by atoms with Crippen molar-refractivity contribution in [2.45, 2.75) is 19.3 Å². The summed E-state index contributed by atoms with van der Waals surface area (Å²) in [5, 5.41) is 20.8. The van der Waals surface area contributed by atoms with Crippen LogP contribution in [0.3, 0.4) is 0 Å². The molecular weight excluding hydrogens is 194 g/mol. The van der Waals surface area contributed by atoms with Gasteiger partial charge in [-0.3, -0.25) is 4.90 Å². The highest BCUT2D eigenvalue weighted by atomic mass is 16.4. The summed E-state index contributed by atoms with van der Waals surface area (Å²) < 4.78 is 0. The minimum Gasteiger partial charge on any atom is -0.409 e. The Morgan fingerprint density at radius 1 is 1.53 bits per heavy atom. The van der Waals surface area contributed by atoms with Gasteiger partial charge in [-0.2, -0.15) is 0 Å². The van der Waals surface area contributed by atoms with Gasteiger partial charge < -0.3 is 16.0 Å². The fourth-order valence-corrected chi connectivity index (χ4v) is 2.97. The van der Waals surface area contributed by atoms with Gasteiger partial charge in [0.2, 0.25) is 0 Å². The molecule has 0 unspecified atom stereocenters. The van der Waals surface area contributed by atoms with Gasteiger partial charge >= 0.3 is 0 Å². The fraction of sp³-hybridized carbons (Fsp3) is 0.900. The first-order chi connectivity index (χ1) is 7.20. The van der Waals surface area contributed by atoms with E-state index < -0.39 is 0 Å². The largest absolute Gasteiger partial charge is 0.409 e. The molecule has 5 heteroatoms. The van der Waals surface area contributed by atoms with Crippen LogP contribution < -0.4 is 5.73 Å². The summed E-state index contributed by atoms with van der Waals surface area (Å²) in [7, 11) is 0. The van der Waals surface area contributed by atoms with Crippen LogP contribution in [-0.4, -0.2) is 47.3 Å². The topological polar surface area (TPSA) is 82.1 Å². The second-order valence-electron chi connectivity index (χ2n) is 4.86. The summed E-state index contributed by atoms with van der Waals surface area (Å²) in [6, 6.07) is 0. The van der Waals surface area contributed by atoms with Crippen molar-refractivity contribution in [1.29, 1.82) is 0 Å². The van der Waals surface area contributed by atoms with Crippen LogP contribution in [0.1, 0.15) is 19.3 Å². The maximum absolute atomic E-state index is 9.34. The number of aliphatic hydroxyl groups excluding tert-OH is 1. The molecule has 2 aliphatic rings. The van der Waals surface area contributed by atoms with Crippen LogP contribution in [0.4, 0.5) is 0 Å². The molecule has 1 saturated carbocycles. The van der Waals surface area contributed by atoms with Crippen molar-refractivity contribution in [2.75, 3.05) is 26.2 Å². The number of nitrogens with zero attached hydrogens (tertiary/aromatic N) is 2. The quantitative estimate of drug-likeness (QED) is 0.263. The highest BCUT2D eigenvalue weighted by Gasteiger charge is 2.49. The van der Waals surface area contributed by atoms with Crippen LogP contribution in [-0.2, 0) is 0 Å². The molecule has 15 heavy (non-hydrogen) atoms. The number of aliphatic hydroxyl groups is 1. The summed E-state index contributed by atoms with van der Waals surface area (Å²) in [6.45, 7) is 2.61. The van der Waals surface area contributed by atoms with Gasteiger partial charge in [-0.25, -0.2) is 0 Å². The Morgan fingerprint density at radius 3 is 2.67 bits per heavy atom. The standard InChI is InChI=1S/C10H19N3O2/c11-9(12-15)5-13-4-8(6-14)10(7-13)2-1-3-10/h8,14-15H,1-7H2,(H2,11,12)/t8-/m0/s1. The van der Waals surface area contributed by atoms with Crippen molar-refractivity contribution >= 4 is 5.84 Å². The van der Waals surface area contributed by atoms with Crippen LogP contribution in [0.25, 0.3) is 0 Å². The van der Waals surface area contributed by atoms with Gasteiger partial charge in [-0.15, -0.1) is 0 Å². The monoisotopic (exact) mass is 213 g/mol. The molecule has 0 aromatic carbocycles. The van der Waals surface area contributed by atoms with Crippen LogP contribution >= 0.6 is 0 Å². The summed E-state index contributed by atoms with van der Waals surface area (Å²) in [5.41, 5.74) is 5.81. The van der Waals surface area contributed by atoms with Gasteiger partial charge in [0.1, 0.15) is 0 Å². The Labute approximate surface area is 89.5 Å². The molecule has 2 fully saturated rings. The third-order valence-corrected chi connectivity index (χ3v) is 3.97. The molecule has 4 N–H and O–H groups in total. The molecule has 1 heterocycles.